The van der Waals surface area contributed by atoms with Crippen molar-refractivity contribution in [3.8, 4) is 11.5 Å². The molecular formula is C16H16FNO. The fourth-order valence-corrected chi connectivity index (χ4v) is 1.91. The second kappa shape index (κ2) is 5.41. The highest BCUT2D eigenvalue weighted by atomic mass is 19.1. The van der Waals surface area contributed by atoms with Crippen LogP contribution in [-0.4, -0.2) is 6.04 Å². The largest absolute Gasteiger partial charge is 0.457 e. The van der Waals surface area contributed by atoms with Gasteiger partial charge in [-0.1, -0.05) is 12.1 Å². The van der Waals surface area contributed by atoms with E-state index >= 15 is 0 Å². The van der Waals surface area contributed by atoms with Gasteiger partial charge in [-0.15, -0.1) is 0 Å². The molecule has 98 valence electrons. The Kier molecular flexibility index (Phi) is 3.47. The summed E-state index contributed by atoms with van der Waals surface area (Å²) >= 11 is 0. The van der Waals surface area contributed by atoms with E-state index in [-0.39, 0.29) is 5.82 Å². The molecule has 1 saturated carbocycles. The second-order valence-corrected chi connectivity index (χ2v) is 4.86. The lowest BCUT2D eigenvalue weighted by molar-refractivity contribution is 0.479. The Morgan fingerprint density at radius 1 is 1.05 bits per heavy atom. The van der Waals surface area contributed by atoms with E-state index in [1.807, 2.05) is 18.2 Å². The Hall–Kier alpha value is -1.87. The predicted octanol–water partition coefficient (Wildman–Crippen LogP) is 3.87. The third-order valence-corrected chi connectivity index (χ3v) is 3.12. The summed E-state index contributed by atoms with van der Waals surface area (Å²) in [6.07, 6.45) is 2.57. The maximum Gasteiger partial charge on any atom is 0.127 e. The number of benzene rings is 2. The Labute approximate surface area is 112 Å². The van der Waals surface area contributed by atoms with Crippen LogP contribution in [-0.2, 0) is 6.54 Å². The molecular weight excluding hydrogens is 241 g/mol. The number of nitrogens with one attached hydrogen (secondary N) is 1. The average Bonchev–Trinajstić information content (AvgIpc) is 3.24. The third-order valence-electron chi connectivity index (χ3n) is 3.12. The van der Waals surface area contributed by atoms with Crippen molar-refractivity contribution in [2.45, 2.75) is 25.4 Å². The third kappa shape index (κ3) is 3.55. The Morgan fingerprint density at radius 3 is 2.58 bits per heavy atom. The Morgan fingerprint density at radius 2 is 1.84 bits per heavy atom. The van der Waals surface area contributed by atoms with Gasteiger partial charge in [0.25, 0.3) is 0 Å². The van der Waals surface area contributed by atoms with Crippen molar-refractivity contribution in [2.24, 2.45) is 0 Å². The van der Waals surface area contributed by atoms with Crippen LogP contribution in [0.15, 0.2) is 48.5 Å². The zero-order chi connectivity index (χ0) is 13.1. The molecule has 0 aromatic heterocycles. The van der Waals surface area contributed by atoms with Crippen molar-refractivity contribution in [3.05, 3.63) is 59.9 Å². The van der Waals surface area contributed by atoms with Crippen molar-refractivity contribution in [1.29, 1.82) is 0 Å². The van der Waals surface area contributed by atoms with Gasteiger partial charge in [-0.3, -0.25) is 0 Å². The van der Waals surface area contributed by atoms with Crippen LogP contribution < -0.4 is 10.1 Å². The van der Waals surface area contributed by atoms with E-state index in [4.69, 9.17) is 4.74 Å². The monoisotopic (exact) mass is 257 g/mol. The molecule has 1 aliphatic carbocycles. The maximum absolute atomic E-state index is 12.8. The molecule has 0 amide bonds. The standard InChI is InChI=1S/C16H16FNO/c17-13-4-8-15(9-5-13)19-16-3-1-2-12(10-16)11-18-14-6-7-14/h1-5,8-10,14,18H,6-7,11H2. The van der Waals surface area contributed by atoms with E-state index in [0.29, 0.717) is 11.8 Å². The minimum atomic E-state index is -0.255. The van der Waals surface area contributed by atoms with Gasteiger partial charge in [0.1, 0.15) is 17.3 Å². The van der Waals surface area contributed by atoms with E-state index in [0.717, 1.165) is 12.3 Å². The highest BCUT2D eigenvalue weighted by Gasteiger charge is 2.19. The molecule has 19 heavy (non-hydrogen) atoms. The van der Waals surface area contributed by atoms with Crippen molar-refractivity contribution in [2.75, 3.05) is 0 Å². The quantitative estimate of drug-likeness (QED) is 0.878. The molecule has 0 radical (unpaired) electrons. The average molecular weight is 257 g/mol. The summed E-state index contributed by atoms with van der Waals surface area (Å²) in [5, 5.41) is 3.47. The van der Waals surface area contributed by atoms with Crippen molar-refractivity contribution in [3.63, 3.8) is 0 Å². The lowest BCUT2D eigenvalue weighted by Crippen LogP contribution is -2.15. The molecule has 0 heterocycles. The number of ether oxygens (including phenoxy) is 1. The van der Waals surface area contributed by atoms with Crippen LogP contribution in [0.2, 0.25) is 0 Å². The van der Waals surface area contributed by atoms with Gasteiger partial charge in [-0.05, 0) is 54.8 Å². The van der Waals surface area contributed by atoms with Gasteiger partial charge in [0, 0.05) is 12.6 Å². The molecule has 1 fully saturated rings. The number of hydrogen-bond donors (Lipinski definition) is 1. The van der Waals surface area contributed by atoms with Crippen LogP contribution in [0, 0.1) is 5.82 Å². The van der Waals surface area contributed by atoms with Gasteiger partial charge in [0.15, 0.2) is 0 Å². The van der Waals surface area contributed by atoms with Gasteiger partial charge in [0.05, 0.1) is 0 Å². The molecule has 2 aromatic carbocycles. The molecule has 3 heteroatoms. The van der Waals surface area contributed by atoms with E-state index in [2.05, 4.69) is 11.4 Å². The van der Waals surface area contributed by atoms with Gasteiger partial charge < -0.3 is 10.1 Å². The number of halogens is 1. The minimum Gasteiger partial charge on any atom is -0.457 e. The first kappa shape index (κ1) is 12.2. The molecule has 0 bridgehead atoms. The molecule has 0 saturated heterocycles. The fourth-order valence-electron chi connectivity index (χ4n) is 1.91. The summed E-state index contributed by atoms with van der Waals surface area (Å²) in [6, 6.07) is 14.7. The van der Waals surface area contributed by atoms with Crippen LogP contribution in [0.4, 0.5) is 4.39 Å². The topological polar surface area (TPSA) is 21.3 Å². The van der Waals surface area contributed by atoms with Crippen LogP contribution in [0.25, 0.3) is 0 Å². The van der Waals surface area contributed by atoms with Crippen molar-refractivity contribution in [1.82, 2.24) is 5.32 Å². The summed E-state index contributed by atoms with van der Waals surface area (Å²) < 4.78 is 18.5. The minimum absolute atomic E-state index is 0.255. The summed E-state index contributed by atoms with van der Waals surface area (Å²) in [6.45, 7) is 0.866. The van der Waals surface area contributed by atoms with E-state index < -0.39 is 0 Å². The first-order valence-electron chi connectivity index (χ1n) is 6.55. The summed E-state index contributed by atoms with van der Waals surface area (Å²) in [5.41, 5.74) is 1.20. The van der Waals surface area contributed by atoms with Gasteiger partial charge in [-0.25, -0.2) is 4.39 Å². The summed E-state index contributed by atoms with van der Waals surface area (Å²) in [5.74, 6) is 1.17. The molecule has 2 nitrogen and oxygen atoms in total. The molecule has 0 atom stereocenters. The summed E-state index contributed by atoms with van der Waals surface area (Å²) in [4.78, 5) is 0. The Balaban J connectivity index is 1.66. The zero-order valence-electron chi connectivity index (χ0n) is 10.6. The normalized spacial score (nSPS) is 14.4. The molecule has 1 aliphatic rings. The van der Waals surface area contributed by atoms with Crippen LogP contribution in [0.5, 0.6) is 11.5 Å². The van der Waals surface area contributed by atoms with E-state index in [1.54, 1.807) is 12.1 Å². The first-order valence-corrected chi connectivity index (χ1v) is 6.55. The molecule has 1 N–H and O–H groups in total. The van der Waals surface area contributed by atoms with Crippen molar-refractivity contribution >= 4 is 0 Å². The molecule has 0 unspecified atom stereocenters. The van der Waals surface area contributed by atoms with Crippen LogP contribution in [0.1, 0.15) is 18.4 Å². The van der Waals surface area contributed by atoms with Gasteiger partial charge in [-0.2, -0.15) is 0 Å². The molecule has 2 aromatic rings. The number of hydrogen-bond acceptors (Lipinski definition) is 2. The highest BCUT2D eigenvalue weighted by molar-refractivity contribution is 5.34. The predicted molar refractivity (Wildman–Crippen MR) is 72.8 cm³/mol. The van der Waals surface area contributed by atoms with E-state index in [1.165, 1.54) is 30.5 Å². The molecule has 0 spiro atoms. The van der Waals surface area contributed by atoms with Crippen molar-refractivity contribution < 1.29 is 9.13 Å². The first-order chi connectivity index (χ1) is 9.29. The lowest BCUT2D eigenvalue weighted by Gasteiger charge is -2.08. The molecule has 0 aliphatic heterocycles. The number of rotatable bonds is 5. The lowest BCUT2D eigenvalue weighted by atomic mass is 10.2. The van der Waals surface area contributed by atoms with Crippen LogP contribution in [0.3, 0.4) is 0 Å². The van der Waals surface area contributed by atoms with Gasteiger partial charge >= 0.3 is 0 Å². The highest BCUT2D eigenvalue weighted by Crippen LogP contribution is 2.23. The zero-order valence-corrected chi connectivity index (χ0v) is 10.6. The summed E-state index contributed by atoms with van der Waals surface area (Å²) in [7, 11) is 0. The SMILES string of the molecule is Fc1ccc(Oc2cccc(CNC3CC3)c2)cc1. The van der Waals surface area contributed by atoms with Gasteiger partial charge in [0.2, 0.25) is 0 Å². The Bertz CT molecular complexity index is 549. The fraction of sp³-hybridized carbons (Fsp3) is 0.250. The molecule has 3 rings (SSSR count). The maximum atomic E-state index is 12.8. The second-order valence-electron chi connectivity index (χ2n) is 4.86. The van der Waals surface area contributed by atoms with Crippen LogP contribution >= 0.6 is 0 Å². The smallest absolute Gasteiger partial charge is 0.127 e. The van der Waals surface area contributed by atoms with E-state index in [9.17, 15) is 4.39 Å².